The van der Waals surface area contributed by atoms with Crippen LogP contribution in [0.15, 0.2) is 24.4 Å². The van der Waals surface area contributed by atoms with Crippen LogP contribution in [-0.4, -0.2) is 20.1 Å². The lowest BCUT2D eigenvalue weighted by atomic mass is 10.2. The predicted molar refractivity (Wildman–Crippen MR) is 52.8 cm³/mol. The highest BCUT2D eigenvalue weighted by molar-refractivity contribution is 6.30. The molecule has 0 aliphatic heterocycles. The molecule has 0 amide bonds. The van der Waals surface area contributed by atoms with Crippen LogP contribution in [0.3, 0.4) is 0 Å². The summed E-state index contributed by atoms with van der Waals surface area (Å²) in [6.07, 6.45) is 1.44. The molecule has 5 heteroatoms. The second-order valence-electron chi connectivity index (χ2n) is 2.95. The molecular weight excluding hydrogens is 202 g/mol. The SMILES string of the molecule is Cc1cc(Cl)ccc1-n1cc(O)nn1. The second-order valence-corrected chi connectivity index (χ2v) is 3.39. The van der Waals surface area contributed by atoms with Crippen LogP contribution in [0.4, 0.5) is 0 Å². The van der Waals surface area contributed by atoms with E-state index >= 15 is 0 Å². The molecule has 14 heavy (non-hydrogen) atoms. The van der Waals surface area contributed by atoms with Gasteiger partial charge in [0.15, 0.2) is 0 Å². The van der Waals surface area contributed by atoms with Crippen molar-refractivity contribution in [2.45, 2.75) is 6.92 Å². The van der Waals surface area contributed by atoms with Crippen LogP contribution in [-0.2, 0) is 0 Å². The van der Waals surface area contributed by atoms with Gasteiger partial charge in [0.05, 0.1) is 11.9 Å². The van der Waals surface area contributed by atoms with E-state index in [2.05, 4.69) is 10.3 Å². The van der Waals surface area contributed by atoms with Crippen molar-refractivity contribution in [1.82, 2.24) is 15.0 Å². The van der Waals surface area contributed by atoms with Gasteiger partial charge in [0.1, 0.15) is 0 Å². The molecule has 0 bridgehead atoms. The van der Waals surface area contributed by atoms with E-state index in [-0.39, 0.29) is 5.88 Å². The molecule has 0 radical (unpaired) electrons. The summed E-state index contributed by atoms with van der Waals surface area (Å²) >= 11 is 5.81. The van der Waals surface area contributed by atoms with Crippen LogP contribution in [0.2, 0.25) is 5.02 Å². The fourth-order valence-electron chi connectivity index (χ4n) is 1.25. The first-order chi connectivity index (χ1) is 6.66. The van der Waals surface area contributed by atoms with Gasteiger partial charge in [-0.05, 0) is 30.7 Å². The van der Waals surface area contributed by atoms with E-state index in [1.165, 1.54) is 10.9 Å². The molecule has 2 rings (SSSR count). The summed E-state index contributed by atoms with van der Waals surface area (Å²) in [4.78, 5) is 0. The first kappa shape index (κ1) is 9.02. The van der Waals surface area contributed by atoms with Crippen molar-refractivity contribution >= 4 is 11.6 Å². The predicted octanol–water partition coefficient (Wildman–Crippen LogP) is 1.93. The van der Waals surface area contributed by atoms with Gasteiger partial charge in [0.25, 0.3) is 5.88 Å². The van der Waals surface area contributed by atoms with E-state index in [4.69, 9.17) is 16.7 Å². The minimum absolute atomic E-state index is 0.0978. The topological polar surface area (TPSA) is 50.9 Å². The fraction of sp³-hybridized carbons (Fsp3) is 0.111. The van der Waals surface area contributed by atoms with E-state index < -0.39 is 0 Å². The lowest BCUT2D eigenvalue weighted by Gasteiger charge is -2.03. The summed E-state index contributed by atoms with van der Waals surface area (Å²) < 4.78 is 1.50. The Balaban J connectivity index is 2.52. The maximum absolute atomic E-state index is 9.04. The Bertz CT molecular complexity index is 467. The van der Waals surface area contributed by atoms with Crippen molar-refractivity contribution in [1.29, 1.82) is 0 Å². The number of rotatable bonds is 1. The third-order valence-electron chi connectivity index (χ3n) is 1.89. The molecule has 0 saturated heterocycles. The molecule has 1 heterocycles. The van der Waals surface area contributed by atoms with Crippen molar-refractivity contribution in [2.24, 2.45) is 0 Å². The van der Waals surface area contributed by atoms with Crippen LogP contribution in [0, 0.1) is 6.92 Å². The number of aromatic hydroxyl groups is 1. The largest absolute Gasteiger partial charge is 0.491 e. The van der Waals surface area contributed by atoms with Crippen LogP contribution < -0.4 is 0 Å². The highest BCUT2D eigenvalue weighted by Crippen LogP contribution is 2.18. The molecule has 4 nitrogen and oxygen atoms in total. The van der Waals surface area contributed by atoms with Crippen LogP contribution >= 0.6 is 11.6 Å². The Morgan fingerprint density at radius 1 is 1.43 bits per heavy atom. The molecule has 0 fully saturated rings. The van der Waals surface area contributed by atoms with Crippen molar-refractivity contribution in [3.63, 3.8) is 0 Å². The van der Waals surface area contributed by atoms with Gasteiger partial charge in [-0.25, -0.2) is 4.68 Å². The number of hydrogen-bond donors (Lipinski definition) is 1. The normalized spacial score (nSPS) is 10.4. The summed E-state index contributed by atoms with van der Waals surface area (Å²) in [5.74, 6) is -0.0978. The van der Waals surface area contributed by atoms with Crippen molar-refractivity contribution < 1.29 is 5.11 Å². The number of hydrogen-bond acceptors (Lipinski definition) is 3. The zero-order valence-corrected chi connectivity index (χ0v) is 8.23. The highest BCUT2D eigenvalue weighted by atomic mass is 35.5. The molecule has 0 spiro atoms. The third kappa shape index (κ3) is 1.56. The summed E-state index contributed by atoms with van der Waals surface area (Å²) in [6, 6.07) is 5.42. The zero-order chi connectivity index (χ0) is 10.1. The quantitative estimate of drug-likeness (QED) is 0.781. The Morgan fingerprint density at radius 3 is 2.79 bits per heavy atom. The van der Waals surface area contributed by atoms with E-state index in [1.54, 1.807) is 6.07 Å². The van der Waals surface area contributed by atoms with E-state index in [1.807, 2.05) is 19.1 Å². The van der Waals surface area contributed by atoms with Crippen LogP contribution in [0.5, 0.6) is 5.88 Å². The van der Waals surface area contributed by atoms with E-state index in [0.29, 0.717) is 5.02 Å². The van der Waals surface area contributed by atoms with Crippen molar-refractivity contribution in [2.75, 3.05) is 0 Å². The molecule has 0 saturated carbocycles. The van der Waals surface area contributed by atoms with Crippen LogP contribution in [0.1, 0.15) is 5.56 Å². The maximum Gasteiger partial charge on any atom is 0.251 e. The first-order valence-corrected chi connectivity index (χ1v) is 4.42. The van der Waals surface area contributed by atoms with Gasteiger partial charge >= 0.3 is 0 Å². The standard InChI is InChI=1S/C9H8ClN3O/c1-6-4-7(10)2-3-8(6)13-5-9(14)11-12-13/h2-5,14H,1H3. The van der Waals surface area contributed by atoms with Crippen LogP contribution in [0.25, 0.3) is 5.69 Å². The number of benzene rings is 1. The molecule has 0 unspecified atom stereocenters. The average Bonchev–Trinajstić information content (AvgIpc) is 2.51. The van der Waals surface area contributed by atoms with Gasteiger partial charge in [-0.15, -0.1) is 0 Å². The monoisotopic (exact) mass is 209 g/mol. The van der Waals surface area contributed by atoms with Gasteiger partial charge in [-0.3, -0.25) is 0 Å². The van der Waals surface area contributed by atoms with Gasteiger partial charge < -0.3 is 5.11 Å². The molecule has 1 aromatic carbocycles. The molecule has 0 atom stereocenters. The van der Waals surface area contributed by atoms with Crippen molar-refractivity contribution in [3.8, 4) is 11.6 Å². The maximum atomic E-state index is 9.04. The molecule has 72 valence electrons. The Morgan fingerprint density at radius 2 is 2.21 bits per heavy atom. The first-order valence-electron chi connectivity index (χ1n) is 4.04. The zero-order valence-electron chi connectivity index (χ0n) is 7.48. The number of aryl methyl sites for hydroxylation is 1. The fourth-order valence-corrected chi connectivity index (χ4v) is 1.48. The summed E-state index contributed by atoms with van der Waals surface area (Å²) in [5, 5.41) is 17.0. The van der Waals surface area contributed by atoms with Gasteiger partial charge in [-0.2, -0.15) is 0 Å². The molecule has 0 aliphatic rings. The van der Waals surface area contributed by atoms with E-state index in [0.717, 1.165) is 11.3 Å². The molecule has 1 aromatic heterocycles. The number of aromatic nitrogens is 3. The van der Waals surface area contributed by atoms with Gasteiger partial charge in [-0.1, -0.05) is 21.9 Å². The minimum Gasteiger partial charge on any atom is -0.491 e. The van der Waals surface area contributed by atoms with E-state index in [9.17, 15) is 0 Å². The Labute approximate surface area is 85.7 Å². The van der Waals surface area contributed by atoms with Gasteiger partial charge in [0, 0.05) is 5.02 Å². The van der Waals surface area contributed by atoms with Crippen molar-refractivity contribution in [3.05, 3.63) is 35.0 Å². The molecule has 2 aromatic rings. The van der Waals surface area contributed by atoms with Gasteiger partial charge in [0.2, 0.25) is 0 Å². The molecule has 0 aliphatic carbocycles. The number of halogens is 1. The highest BCUT2D eigenvalue weighted by Gasteiger charge is 2.04. The smallest absolute Gasteiger partial charge is 0.251 e. The molecular formula is C9H8ClN3O. The Hall–Kier alpha value is -1.55. The second kappa shape index (κ2) is 3.31. The summed E-state index contributed by atoms with van der Waals surface area (Å²) in [5.41, 5.74) is 1.82. The lowest BCUT2D eigenvalue weighted by molar-refractivity contribution is 0.452. The minimum atomic E-state index is -0.0978. The third-order valence-corrected chi connectivity index (χ3v) is 2.12. The lowest BCUT2D eigenvalue weighted by Crippen LogP contribution is -1.97. The molecule has 1 N–H and O–H groups in total. The number of nitrogens with zero attached hydrogens (tertiary/aromatic N) is 3. The Kier molecular flexibility index (Phi) is 2.13. The summed E-state index contributed by atoms with van der Waals surface area (Å²) in [6.45, 7) is 1.92. The summed E-state index contributed by atoms with van der Waals surface area (Å²) in [7, 11) is 0. The average molecular weight is 210 g/mol.